The zero-order valence-electron chi connectivity index (χ0n) is 19.0. The van der Waals surface area contributed by atoms with E-state index in [-0.39, 0.29) is 48.1 Å². The molecule has 1 aliphatic carbocycles. The summed E-state index contributed by atoms with van der Waals surface area (Å²) < 4.78 is 6.08. The van der Waals surface area contributed by atoms with E-state index in [1.165, 1.54) is 12.8 Å². The largest absolute Gasteiger partial charge is 0.474 e. The minimum atomic E-state index is -0.252. The number of pyridine rings is 1. The van der Waals surface area contributed by atoms with Crippen LogP contribution in [0.5, 0.6) is 5.88 Å². The molecular formula is C22H38IN5O2. The van der Waals surface area contributed by atoms with Gasteiger partial charge in [0.25, 0.3) is 0 Å². The van der Waals surface area contributed by atoms with Gasteiger partial charge in [-0.3, -0.25) is 4.79 Å². The van der Waals surface area contributed by atoms with Gasteiger partial charge in [-0.15, -0.1) is 24.0 Å². The van der Waals surface area contributed by atoms with Crippen molar-refractivity contribution in [3.05, 3.63) is 23.9 Å². The smallest absolute Gasteiger partial charge is 0.239 e. The fraction of sp³-hybridized carbons (Fsp3) is 0.682. The number of halogens is 1. The maximum atomic E-state index is 12.0. The monoisotopic (exact) mass is 531 g/mol. The van der Waals surface area contributed by atoms with Crippen molar-refractivity contribution in [3.63, 3.8) is 0 Å². The number of nitrogens with one attached hydrogen (secondary N) is 3. The molecule has 1 saturated carbocycles. The van der Waals surface area contributed by atoms with E-state index in [1.807, 2.05) is 39.8 Å². The second-order valence-electron chi connectivity index (χ2n) is 8.85. The van der Waals surface area contributed by atoms with Crippen molar-refractivity contribution in [3.8, 4) is 5.88 Å². The van der Waals surface area contributed by atoms with E-state index in [1.54, 1.807) is 6.20 Å². The molecule has 30 heavy (non-hydrogen) atoms. The van der Waals surface area contributed by atoms with Crippen LogP contribution in [0.15, 0.2) is 23.3 Å². The number of carbonyl (C=O) groups excluding carboxylic acids is 1. The Balaban J connectivity index is 0.00000450. The number of carbonyl (C=O) groups is 1. The summed E-state index contributed by atoms with van der Waals surface area (Å²) in [6, 6.07) is 3.90. The Kier molecular flexibility index (Phi) is 11.4. The summed E-state index contributed by atoms with van der Waals surface area (Å²) in [5.41, 5.74) is 0.772. The Hall–Kier alpha value is -1.58. The number of nitrogens with zero attached hydrogens (tertiary/aromatic N) is 2. The Bertz CT molecular complexity index is 682. The standard InChI is InChI=1S/C22H37N5O2.HI/c1-6-23-21(26-15-19(28)27-22(3,4)5)25-14-17-11-12-24-20(13-17)29-18-9-7-16(2)8-10-18;/h11-13,16,18H,6-10,14-15H2,1-5H3,(H,27,28)(H2,23,25,26);1H. The molecule has 2 rings (SSSR count). The predicted octanol–water partition coefficient (Wildman–Crippen LogP) is 3.63. The lowest BCUT2D eigenvalue weighted by molar-refractivity contribution is -0.121. The lowest BCUT2D eigenvalue weighted by Gasteiger charge is -2.26. The minimum Gasteiger partial charge on any atom is -0.474 e. The minimum absolute atomic E-state index is 0. The zero-order valence-corrected chi connectivity index (χ0v) is 21.3. The van der Waals surface area contributed by atoms with E-state index in [0.717, 1.165) is 30.9 Å². The molecule has 8 heteroatoms. The molecule has 0 radical (unpaired) electrons. The molecule has 0 bridgehead atoms. The molecule has 0 aromatic carbocycles. The molecule has 170 valence electrons. The van der Waals surface area contributed by atoms with Crippen LogP contribution >= 0.6 is 24.0 Å². The molecule has 1 fully saturated rings. The van der Waals surface area contributed by atoms with Crippen molar-refractivity contribution < 1.29 is 9.53 Å². The van der Waals surface area contributed by atoms with E-state index in [9.17, 15) is 4.79 Å². The molecule has 0 spiro atoms. The maximum Gasteiger partial charge on any atom is 0.239 e. The molecular weight excluding hydrogens is 493 g/mol. The first kappa shape index (κ1) is 26.5. The molecule has 1 amide bonds. The van der Waals surface area contributed by atoms with Gasteiger partial charge in [0.2, 0.25) is 11.8 Å². The summed E-state index contributed by atoms with van der Waals surface area (Å²) in [5.74, 6) is 2.01. The van der Waals surface area contributed by atoms with Crippen LogP contribution in [0.25, 0.3) is 0 Å². The summed E-state index contributed by atoms with van der Waals surface area (Å²) in [7, 11) is 0. The molecule has 0 aliphatic heterocycles. The number of ether oxygens (including phenoxy) is 1. The molecule has 1 heterocycles. The third-order valence-corrected chi connectivity index (χ3v) is 4.74. The highest BCUT2D eigenvalue weighted by Crippen LogP contribution is 2.26. The van der Waals surface area contributed by atoms with Crippen molar-refractivity contribution in [2.24, 2.45) is 10.9 Å². The van der Waals surface area contributed by atoms with Crippen LogP contribution in [-0.2, 0) is 11.3 Å². The summed E-state index contributed by atoms with van der Waals surface area (Å²) in [5, 5.41) is 9.18. The van der Waals surface area contributed by atoms with Crippen LogP contribution in [0.1, 0.15) is 65.9 Å². The summed E-state index contributed by atoms with van der Waals surface area (Å²) in [6.07, 6.45) is 6.65. The van der Waals surface area contributed by atoms with Crippen molar-refractivity contribution in [1.29, 1.82) is 0 Å². The average molecular weight is 531 g/mol. The molecule has 1 aromatic heterocycles. The highest BCUT2D eigenvalue weighted by Gasteiger charge is 2.20. The first-order valence-corrected chi connectivity index (χ1v) is 10.7. The number of aromatic nitrogens is 1. The Morgan fingerprint density at radius 2 is 1.93 bits per heavy atom. The molecule has 1 aliphatic rings. The van der Waals surface area contributed by atoms with Gasteiger partial charge < -0.3 is 20.7 Å². The second kappa shape index (κ2) is 13.0. The van der Waals surface area contributed by atoms with Crippen molar-refractivity contribution in [1.82, 2.24) is 20.9 Å². The molecule has 1 aromatic rings. The van der Waals surface area contributed by atoms with Crippen LogP contribution in [-0.4, -0.2) is 41.6 Å². The lowest BCUT2D eigenvalue weighted by atomic mass is 9.89. The molecule has 0 unspecified atom stereocenters. The lowest BCUT2D eigenvalue weighted by Crippen LogP contribution is -2.48. The zero-order chi connectivity index (χ0) is 21.3. The van der Waals surface area contributed by atoms with Crippen molar-refractivity contribution >= 4 is 35.8 Å². The summed E-state index contributed by atoms with van der Waals surface area (Å²) >= 11 is 0. The SMILES string of the molecule is CCNC(=NCc1ccnc(OC2CCC(C)CC2)c1)NCC(=O)NC(C)(C)C.I. The second-order valence-corrected chi connectivity index (χ2v) is 8.85. The topological polar surface area (TPSA) is 87.6 Å². The van der Waals surface area contributed by atoms with Gasteiger partial charge in [-0.25, -0.2) is 9.98 Å². The van der Waals surface area contributed by atoms with Gasteiger partial charge >= 0.3 is 0 Å². The van der Waals surface area contributed by atoms with Crippen LogP contribution in [0, 0.1) is 5.92 Å². The van der Waals surface area contributed by atoms with Gasteiger partial charge in [0, 0.05) is 24.3 Å². The number of amides is 1. The Morgan fingerprint density at radius 3 is 2.57 bits per heavy atom. The quantitative estimate of drug-likeness (QED) is 0.284. The molecule has 0 atom stereocenters. The molecule has 3 N–H and O–H groups in total. The highest BCUT2D eigenvalue weighted by molar-refractivity contribution is 14.0. The molecule has 0 saturated heterocycles. The first-order valence-electron chi connectivity index (χ1n) is 10.7. The van der Waals surface area contributed by atoms with Crippen molar-refractivity contribution in [2.45, 2.75) is 78.5 Å². The molecule has 7 nitrogen and oxygen atoms in total. The van der Waals surface area contributed by atoms with Crippen LogP contribution in [0.4, 0.5) is 0 Å². The Morgan fingerprint density at radius 1 is 1.23 bits per heavy atom. The fourth-order valence-corrected chi connectivity index (χ4v) is 3.27. The van der Waals surface area contributed by atoms with Gasteiger partial charge in [-0.1, -0.05) is 6.92 Å². The number of aliphatic imine (C=N–C) groups is 1. The Labute approximate surface area is 198 Å². The van der Waals surface area contributed by atoms with Crippen molar-refractivity contribution in [2.75, 3.05) is 13.1 Å². The first-order chi connectivity index (χ1) is 13.7. The van der Waals surface area contributed by atoms with Crippen LogP contribution in [0.2, 0.25) is 0 Å². The third kappa shape index (κ3) is 10.4. The normalized spacial score (nSPS) is 19.4. The van der Waals surface area contributed by atoms with E-state index in [2.05, 4.69) is 32.9 Å². The number of hydrogen-bond donors (Lipinski definition) is 3. The number of hydrogen-bond acceptors (Lipinski definition) is 4. The summed E-state index contributed by atoms with van der Waals surface area (Å²) in [4.78, 5) is 21.0. The van der Waals surface area contributed by atoms with Crippen LogP contribution < -0.4 is 20.7 Å². The van der Waals surface area contributed by atoms with Gasteiger partial charge in [0.05, 0.1) is 13.1 Å². The van der Waals surface area contributed by atoms with E-state index < -0.39 is 0 Å². The predicted molar refractivity (Wildman–Crippen MR) is 132 cm³/mol. The van der Waals surface area contributed by atoms with Gasteiger partial charge in [-0.2, -0.15) is 0 Å². The fourth-order valence-electron chi connectivity index (χ4n) is 3.27. The number of guanidine groups is 1. The van der Waals surface area contributed by atoms with E-state index in [4.69, 9.17) is 4.74 Å². The van der Waals surface area contributed by atoms with E-state index >= 15 is 0 Å². The third-order valence-electron chi connectivity index (χ3n) is 4.74. The number of rotatable bonds is 7. The maximum absolute atomic E-state index is 12.0. The van der Waals surface area contributed by atoms with Gasteiger partial charge in [-0.05, 0) is 70.9 Å². The van der Waals surface area contributed by atoms with Gasteiger partial charge in [0.1, 0.15) is 6.10 Å². The average Bonchev–Trinajstić information content (AvgIpc) is 2.65. The van der Waals surface area contributed by atoms with Crippen LogP contribution in [0.3, 0.4) is 0 Å². The highest BCUT2D eigenvalue weighted by atomic mass is 127. The van der Waals surface area contributed by atoms with E-state index in [0.29, 0.717) is 18.4 Å². The summed E-state index contributed by atoms with van der Waals surface area (Å²) in [6.45, 7) is 11.6. The van der Waals surface area contributed by atoms with Gasteiger partial charge in [0.15, 0.2) is 5.96 Å².